The standard InChI is InChI=1S/C13H10F3N5/c1-7-10-8(17)4-6-19-12(10)20-21(7)9-3-2-5-18-11(9)13(14,15)16/h2-6H,17H2,1H3. The summed E-state index contributed by atoms with van der Waals surface area (Å²) in [4.78, 5) is 7.45. The third-order valence-corrected chi connectivity index (χ3v) is 3.12. The number of hydrogen-bond acceptors (Lipinski definition) is 4. The Morgan fingerprint density at radius 2 is 1.90 bits per heavy atom. The lowest BCUT2D eigenvalue weighted by atomic mass is 10.2. The van der Waals surface area contributed by atoms with Crippen LogP contribution in [0.15, 0.2) is 30.6 Å². The fourth-order valence-electron chi connectivity index (χ4n) is 2.21. The Morgan fingerprint density at radius 3 is 2.57 bits per heavy atom. The maximum Gasteiger partial charge on any atom is 0.435 e. The minimum Gasteiger partial charge on any atom is -0.398 e. The average Bonchev–Trinajstić information content (AvgIpc) is 2.76. The van der Waals surface area contributed by atoms with Crippen molar-refractivity contribution in [3.63, 3.8) is 0 Å². The van der Waals surface area contributed by atoms with Crippen LogP contribution < -0.4 is 5.73 Å². The molecule has 0 aromatic carbocycles. The average molecular weight is 293 g/mol. The number of nitrogens with two attached hydrogens (primary N) is 1. The topological polar surface area (TPSA) is 69.6 Å². The second kappa shape index (κ2) is 4.44. The number of hydrogen-bond donors (Lipinski definition) is 1. The molecule has 0 spiro atoms. The van der Waals surface area contributed by atoms with Crippen molar-refractivity contribution in [2.75, 3.05) is 5.73 Å². The molecule has 0 bridgehead atoms. The molecule has 0 saturated heterocycles. The van der Waals surface area contributed by atoms with Gasteiger partial charge in [-0.15, -0.1) is 5.10 Å². The van der Waals surface area contributed by atoms with Gasteiger partial charge in [-0.25, -0.2) is 14.6 Å². The molecular formula is C13H10F3N5. The molecule has 0 aliphatic carbocycles. The number of nitrogens with zero attached hydrogens (tertiary/aromatic N) is 4. The van der Waals surface area contributed by atoms with Gasteiger partial charge in [-0.05, 0) is 25.1 Å². The summed E-state index contributed by atoms with van der Waals surface area (Å²) < 4.78 is 40.3. The highest BCUT2D eigenvalue weighted by molar-refractivity contribution is 5.90. The van der Waals surface area contributed by atoms with Crippen molar-refractivity contribution in [2.45, 2.75) is 13.1 Å². The van der Waals surface area contributed by atoms with Gasteiger partial charge in [0, 0.05) is 18.1 Å². The van der Waals surface area contributed by atoms with Gasteiger partial charge in [-0.1, -0.05) is 0 Å². The number of aromatic nitrogens is 4. The summed E-state index contributed by atoms with van der Waals surface area (Å²) >= 11 is 0. The van der Waals surface area contributed by atoms with Crippen molar-refractivity contribution >= 4 is 16.7 Å². The van der Waals surface area contributed by atoms with Crippen LogP contribution in [0.2, 0.25) is 0 Å². The molecule has 0 atom stereocenters. The van der Waals surface area contributed by atoms with E-state index in [0.717, 1.165) is 6.20 Å². The number of halogens is 3. The van der Waals surface area contributed by atoms with E-state index in [2.05, 4.69) is 15.1 Å². The fraction of sp³-hybridized carbons (Fsp3) is 0.154. The molecular weight excluding hydrogens is 283 g/mol. The molecule has 3 aromatic rings. The summed E-state index contributed by atoms with van der Waals surface area (Å²) in [5, 5.41) is 4.64. The SMILES string of the molecule is Cc1c2c(N)ccnc2nn1-c1cccnc1C(F)(F)F. The van der Waals surface area contributed by atoms with Crippen molar-refractivity contribution < 1.29 is 13.2 Å². The van der Waals surface area contributed by atoms with Crippen LogP contribution in [0.1, 0.15) is 11.4 Å². The van der Waals surface area contributed by atoms with E-state index in [1.165, 1.54) is 23.0 Å². The van der Waals surface area contributed by atoms with Gasteiger partial charge in [0.25, 0.3) is 0 Å². The molecule has 0 amide bonds. The van der Waals surface area contributed by atoms with Crippen LogP contribution in [0.4, 0.5) is 18.9 Å². The maximum absolute atomic E-state index is 13.1. The van der Waals surface area contributed by atoms with Crippen LogP contribution in [0, 0.1) is 6.92 Å². The molecule has 108 valence electrons. The van der Waals surface area contributed by atoms with Gasteiger partial charge in [0.2, 0.25) is 0 Å². The number of fused-ring (bicyclic) bond motifs is 1. The molecule has 3 aromatic heterocycles. The predicted octanol–water partition coefficient (Wildman–Crippen LogP) is 2.72. The van der Waals surface area contributed by atoms with E-state index in [-0.39, 0.29) is 5.69 Å². The van der Waals surface area contributed by atoms with E-state index in [1.807, 2.05) is 0 Å². The highest BCUT2D eigenvalue weighted by atomic mass is 19.4. The normalized spacial score (nSPS) is 12.0. The first-order chi connectivity index (χ1) is 9.89. The molecule has 3 heterocycles. The Kier molecular flexibility index (Phi) is 2.82. The number of rotatable bonds is 1. The molecule has 0 aliphatic rings. The van der Waals surface area contributed by atoms with Gasteiger partial charge in [0.1, 0.15) is 0 Å². The number of aryl methyl sites for hydroxylation is 1. The summed E-state index contributed by atoms with van der Waals surface area (Å²) in [5.74, 6) is 0. The monoisotopic (exact) mass is 293 g/mol. The number of nitrogen functional groups attached to an aromatic ring is 1. The number of anilines is 1. The van der Waals surface area contributed by atoms with E-state index < -0.39 is 11.9 Å². The van der Waals surface area contributed by atoms with Crippen LogP contribution in [-0.2, 0) is 6.18 Å². The van der Waals surface area contributed by atoms with Gasteiger partial charge in [-0.2, -0.15) is 13.2 Å². The highest BCUT2D eigenvalue weighted by Crippen LogP contribution is 2.33. The van der Waals surface area contributed by atoms with Crippen molar-refractivity contribution in [1.82, 2.24) is 19.7 Å². The molecule has 0 fully saturated rings. The molecule has 3 rings (SSSR count). The van der Waals surface area contributed by atoms with Gasteiger partial charge in [0.05, 0.1) is 16.8 Å². The van der Waals surface area contributed by atoms with Gasteiger partial charge in [-0.3, -0.25) is 0 Å². The Hall–Kier alpha value is -2.64. The fourth-order valence-corrected chi connectivity index (χ4v) is 2.21. The first-order valence-corrected chi connectivity index (χ1v) is 6.02. The molecule has 0 unspecified atom stereocenters. The van der Waals surface area contributed by atoms with Crippen molar-refractivity contribution in [3.05, 3.63) is 42.0 Å². The van der Waals surface area contributed by atoms with Gasteiger partial charge < -0.3 is 5.73 Å². The van der Waals surface area contributed by atoms with E-state index in [9.17, 15) is 13.2 Å². The summed E-state index contributed by atoms with van der Waals surface area (Å²) in [5.41, 5.74) is 5.88. The first-order valence-electron chi connectivity index (χ1n) is 6.02. The second-order valence-electron chi connectivity index (χ2n) is 4.46. The Labute approximate surface area is 117 Å². The molecule has 2 N–H and O–H groups in total. The van der Waals surface area contributed by atoms with Crippen LogP contribution in [0.3, 0.4) is 0 Å². The van der Waals surface area contributed by atoms with Crippen molar-refractivity contribution in [2.24, 2.45) is 0 Å². The van der Waals surface area contributed by atoms with Crippen molar-refractivity contribution in [3.8, 4) is 5.69 Å². The van der Waals surface area contributed by atoms with E-state index in [1.54, 1.807) is 13.0 Å². The minimum atomic E-state index is -4.57. The van der Waals surface area contributed by atoms with Crippen LogP contribution >= 0.6 is 0 Å². The zero-order valence-electron chi connectivity index (χ0n) is 10.9. The zero-order chi connectivity index (χ0) is 15.2. The third-order valence-electron chi connectivity index (χ3n) is 3.12. The molecule has 0 aliphatic heterocycles. The van der Waals surface area contributed by atoms with E-state index >= 15 is 0 Å². The summed E-state index contributed by atoms with van der Waals surface area (Å²) in [6.07, 6.45) is -2.01. The summed E-state index contributed by atoms with van der Waals surface area (Å²) in [6.45, 7) is 1.64. The maximum atomic E-state index is 13.1. The lowest BCUT2D eigenvalue weighted by molar-refractivity contribution is -0.141. The van der Waals surface area contributed by atoms with Crippen molar-refractivity contribution in [1.29, 1.82) is 0 Å². The molecule has 5 nitrogen and oxygen atoms in total. The van der Waals surface area contributed by atoms with Crippen LogP contribution in [0.5, 0.6) is 0 Å². The lowest BCUT2D eigenvalue weighted by Crippen LogP contribution is -2.14. The van der Waals surface area contributed by atoms with E-state index in [4.69, 9.17) is 5.73 Å². The van der Waals surface area contributed by atoms with Gasteiger partial charge >= 0.3 is 6.18 Å². The summed E-state index contributed by atoms with van der Waals surface area (Å²) in [6, 6.07) is 4.31. The molecule has 8 heteroatoms. The minimum absolute atomic E-state index is 0.153. The molecule has 0 saturated carbocycles. The number of pyridine rings is 2. The van der Waals surface area contributed by atoms with E-state index in [0.29, 0.717) is 22.4 Å². The highest BCUT2D eigenvalue weighted by Gasteiger charge is 2.36. The largest absolute Gasteiger partial charge is 0.435 e. The Balaban J connectivity index is 2.32. The second-order valence-corrected chi connectivity index (χ2v) is 4.46. The Morgan fingerprint density at radius 1 is 1.14 bits per heavy atom. The van der Waals surface area contributed by atoms with Gasteiger partial charge in [0.15, 0.2) is 11.3 Å². The first kappa shape index (κ1) is 13.3. The quantitative estimate of drug-likeness (QED) is 0.749. The molecule has 21 heavy (non-hydrogen) atoms. The summed E-state index contributed by atoms with van der Waals surface area (Å²) in [7, 11) is 0. The zero-order valence-corrected chi connectivity index (χ0v) is 10.9. The van der Waals surface area contributed by atoms with Crippen LogP contribution in [-0.4, -0.2) is 19.7 Å². The number of alkyl halides is 3. The lowest BCUT2D eigenvalue weighted by Gasteiger charge is -2.12. The van der Waals surface area contributed by atoms with Crippen LogP contribution in [0.25, 0.3) is 16.7 Å². The Bertz CT molecular complexity index is 822. The third kappa shape index (κ3) is 2.08. The molecule has 0 radical (unpaired) electrons. The smallest absolute Gasteiger partial charge is 0.398 e. The predicted molar refractivity (Wildman–Crippen MR) is 70.8 cm³/mol.